The molecule has 13 heteroatoms. The van der Waals surface area contributed by atoms with Crippen molar-refractivity contribution in [3.05, 3.63) is 65.7 Å². The van der Waals surface area contributed by atoms with E-state index in [0.717, 1.165) is 10.9 Å². The van der Waals surface area contributed by atoms with E-state index in [4.69, 9.17) is 14.6 Å². The quantitative estimate of drug-likeness (QED) is 0.483. The molecule has 200 valence electrons. The maximum absolute atomic E-state index is 14.6. The number of carbonyl (C=O) groups excluding carboxylic acids is 2. The fourth-order valence-corrected chi connectivity index (χ4v) is 3.98. The highest BCUT2D eigenvalue weighted by molar-refractivity contribution is 6.01. The third-order valence-corrected chi connectivity index (χ3v) is 5.92. The number of pyridine rings is 1. The SMILES string of the molecule is O=C(O)C(F)(F)F.O=C1Cc2cc(C(=O)N3CCC(F)(F)[C@@H](Oc4ccc5ccccc5n4)C3)ccc2N1. The number of alkyl halides is 5. The molecular weight excluding hydrogens is 517 g/mol. The maximum Gasteiger partial charge on any atom is 0.490 e. The number of carbonyl (C=O) groups is 3. The summed E-state index contributed by atoms with van der Waals surface area (Å²) in [5, 5.41) is 10.7. The number of benzene rings is 2. The summed E-state index contributed by atoms with van der Waals surface area (Å²) in [5.41, 5.74) is 2.41. The highest BCUT2D eigenvalue weighted by Crippen LogP contribution is 2.33. The number of aromatic nitrogens is 1. The first-order valence-electron chi connectivity index (χ1n) is 11.3. The number of para-hydroxylation sites is 1. The van der Waals surface area contributed by atoms with Gasteiger partial charge in [0.2, 0.25) is 11.8 Å². The minimum absolute atomic E-state index is 0.0783. The lowest BCUT2D eigenvalue weighted by Crippen LogP contribution is -2.55. The Labute approximate surface area is 212 Å². The molecule has 0 unspecified atom stereocenters. The van der Waals surface area contributed by atoms with Gasteiger partial charge in [-0.1, -0.05) is 18.2 Å². The molecule has 38 heavy (non-hydrogen) atoms. The molecule has 1 fully saturated rings. The van der Waals surface area contributed by atoms with Gasteiger partial charge in [-0.2, -0.15) is 13.2 Å². The highest BCUT2D eigenvalue weighted by atomic mass is 19.4. The first-order chi connectivity index (χ1) is 17.8. The summed E-state index contributed by atoms with van der Waals surface area (Å²) in [7, 11) is 0. The fourth-order valence-electron chi connectivity index (χ4n) is 3.98. The third-order valence-electron chi connectivity index (χ3n) is 5.92. The van der Waals surface area contributed by atoms with Gasteiger partial charge in [-0.25, -0.2) is 18.6 Å². The number of carboxylic acid groups (broad SMARTS) is 1. The Balaban J connectivity index is 0.000000426. The molecule has 2 N–H and O–H groups in total. The smallest absolute Gasteiger partial charge is 0.475 e. The lowest BCUT2D eigenvalue weighted by Gasteiger charge is -2.38. The monoisotopic (exact) mass is 537 g/mol. The van der Waals surface area contributed by atoms with Gasteiger partial charge in [0.05, 0.1) is 18.5 Å². The zero-order valence-electron chi connectivity index (χ0n) is 19.5. The molecule has 0 aliphatic carbocycles. The number of piperidine rings is 1. The molecule has 2 aromatic carbocycles. The van der Waals surface area contributed by atoms with E-state index in [2.05, 4.69) is 10.3 Å². The number of fused-ring (bicyclic) bond motifs is 2. The second-order valence-corrected chi connectivity index (χ2v) is 8.61. The Kier molecular flexibility index (Phi) is 7.20. The van der Waals surface area contributed by atoms with Crippen molar-refractivity contribution >= 4 is 34.4 Å². The molecule has 2 amide bonds. The second-order valence-electron chi connectivity index (χ2n) is 8.61. The first-order valence-corrected chi connectivity index (χ1v) is 11.3. The fraction of sp³-hybridized carbons (Fsp3) is 0.280. The molecule has 1 atom stereocenters. The number of halogens is 5. The van der Waals surface area contributed by atoms with Crippen molar-refractivity contribution in [2.75, 3.05) is 18.4 Å². The topological polar surface area (TPSA) is 109 Å². The van der Waals surface area contributed by atoms with Crippen LogP contribution in [0.1, 0.15) is 22.3 Å². The number of anilines is 1. The number of carboxylic acids is 1. The van der Waals surface area contributed by atoms with E-state index < -0.39 is 30.6 Å². The van der Waals surface area contributed by atoms with E-state index in [1.807, 2.05) is 18.2 Å². The first kappa shape index (κ1) is 26.8. The zero-order chi connectivity index (χ0) is 27.7. The molecule has 0 radical (unpaired) electrons. The molecule has 1 saturated heterocycles. The predicted octanol–water partition coefficient (Wildman–Crippen LogP) is 4.29. The molecule has 1 aromatic heterocycles. The molecule has 8 nitrogen and oxygen atoms in total. The van der Waals surface area contributed by atoms with E-state index in [9.17, 15) is 31.5 Å². The number of nitrogens with zero attached hydrogens (tertiary/aromatic N) is 2. The second kappa shape index (κ2) is 10.2. The standard InChI is InChI=1S/C23H19F2N3O3.C2HF3O2/c24-23(25)9-10-28(22(30)15-5-7-18-16(11-15)12-20(29)26-18)13-19(23)31-21-8-6-14-3-1-2-4-17(14)27-21;3-2(4,5)1(6)7/h1-8,11,19H,9-10,12-13H2,(H,26,29);(H,6,7)/t19-;/m0./s1. The molecule has 2 aliphatic heterocycles. The molecule has 0 bridgehead atoms. The Morgan fingerprint density at radius 2 is 1.82 bits per heavy atom. The average Bonchev–Trinajstić information content (AvgIpc) is 3.24. The van der Waals surface area contributed by atoms with Crippen LogP contribution in [-0.2, 0) is 16.0 Å². The van der Waals surface area contributed by atoms with E-state index in [1.54, 1.807) is 36.4 Å². The van der Waals surface area contributed by atoms with Gasteiger partial charge in [0.1, 0.15) is 0 Å². The average molecular weight is 537 g/mol. The molecule has 2 aliphatic rings. The van der Waals surface area contributed by atoms with Crippen LogP contribution in [-0.4, -0.2) is 64.1 Å². The van der Waals surface area contributed by atoms with Crippen molar-refractivity contribution in [1.29, 1.82) is 0 Å². The lowest BCUT2D eigenvalue weighted by atomic mass is 10.0. The lowest BCUT2D eigenvalue weighted by molar-refractivity contribution is -0.192. The zero-order valence-corrected chi connectivity index (χ0v) is 19.5. The molecule has 3 heterocycles. The number of hydrogen-bond acceptors (Lipinski definition) is 5. The number of ether oxygens (including phenoxy) is 1. The van der Waals surface area contributed by atoms with Crippen LogP contribution in [0.2, 0.25) is 0 Å². The minimum atomic E-state index is -5.08. The van der Waals surface area contributed by atoms with Gasteiger partial charge in [-0.05, 0) is 35.9 Å². The summed E-state index contributed by atoms with van der Waals surface area (Å²) in [4.78, 5) is 39.1. The minimum Gasteiger partial charge on any atom is -0.475 e. The van der Waals surface area contributed by atoms with Crippen LogP contribution in [0.5, 0.6) is 5.88 Å². The number of likely N-dealkylation sites (tertiary alicyclic amines) is 1. The molecule has 0 spiro atoms. The van der Waals surface area contributed by atoms with Crippen LogP contribution in [0, 0.1) is 0 Å². The van der Waals surface area contributed by atoms with Gasteiger partial charge >= 0.3 is 12.1 Å². The van der Waals surface area contributed by atoms with E-state index in [-0.39, 0.29) is 37.2 Å². The van der Waals surface area contributed by atoms with Crippen molar-refractivity contribution in [2.45, 2.75) is 31.0 Å². The van der Waals surface area contributed by atoms with Gasteiger partial charge < -0.3 is 20.1 Å². The normalized spacial score (nSPS) is 18.2. The molecule has 0 saturated carbocycles. The number of aliphatic carboxylic acids is 1. The van der Waals surface area contributed by atoms with Crippen LogP contribution in [0.4, 0.5) is 27.6 Å². The van der Waals surface area contributed by atoms with E-state index in [1.165, 1.54) is 4.90 Å². The summed E-state index contributed by atoms with van der Waals surface area (Å²) in [6, 6.07) is 15.6. The Morgan fingerprint density at radius 1 is 1.11 bits per heavy atom. The van der Waals surface area contributed by atoms with Crippen LogP contribution in [0.15, 0.2) is 54.6 Å². The number of rotatable bonds is 3. The predicted molar refractivity (Wildman–Crippen MR) is 124 cm³/mol. The molecule has 5 rings (SSSR count). The number of nitrogens with one attached hydrogen (secondary N) is 1. The summed E-state index contributed by atoms with van der Waals surface area (Å²) >= 11 is 0. The Hall–Kier alpha value is -4.29. The molecule has 3 aromatic rings. The van der Waals surface area contributed by atoms with Crippen molar-refractivity contribution in [2.24, 2.45) is 0 Å². The number of amides is 2. The summed E-state index contributed by atoms with van der Waals surface area (Å²) in [5.74, 6) is -6.24. The summed E-state index contributed by atoms with van der Waals surface area (Å²) in [6.45, 7) is -0.334. The maximum atomic E-state index is 14.6. The number of hydrogen-bond donors (Lipinski definition) is 2. The van der Waals surface area contributed by atoms with Crippen molar-refractivity contribution in [3.8, 4) is 5.88 Å². The largest absolute Gasteiger partial charge is 0.490 e. The van der Waals surface area contributed by atoms with Gasteiger partial charge in [-0.15, -0.1) is 0 Å². The van der Waals surface area contributed by atoms with E-state index >= 15 is 0 Å². The van der Waals surface area contributed by atoms with Gasteiger partial charge in [-0.3, -0.25) is 9.59 Å². The summed E-state index contributed by atoms with van der Waals surface area (Å²) < 4.78 is 66.5. The van der Waals surface area contributed by atoms with Gasteiger partial charge in [0.25, 0.3) is 11.8 Å². The van der Waals surface area contributed by atoms with Crippen LogP contribution >= 0.6 is 0 Å². The van der Waals surface area contributed by atoms with Gasteiger partial charge in [0.15, 0.2) is 6.10 Å². The van der Waals surface area contributed by atoms with Crippen molar-refractivity contribution in [1.82, 2.24) is 9.88 Å². The van der Waals surface area contributed by atoms with Crippen LogP contribution in [0.25, 0.3) is 10.9 Å². The highest BCUT2D eigenvalue weighted by Gasteiger charge is 2.47. The van der Waals surface area contributed by atoms with E-state index in [0.29, 0.717) is 16.8 Å². The Bertz CT molecular complexity index is 1400. The Morgan fingerprint density at radius 3 is 2.53 bits per heavy atom. The van der Waals surface area contributed by atoms with Gasteiger partial charge in [0, 0.05) is 35.7 Å². The molecular formula is C25H20F5N3O5. The van der Waals surface area contributed by atoms with Crippen LogP contribution in [0.3, 0.4) is 0 Å². The third kappa shape index (κ3) is 5.98. The van der Waals surface area contributed by atoms with Crippen molar-refractivity contribution < 1.29 is 46.2 Å². The van der Waals surface area contributed by atoms with Crippen LogP contribution < -0.4 is 10.1 Å². The van der Waals surface area contributed by atoms with Crippen molar-refractivity contribution in [3.63, 3.8) is 0 Å². The summed E-state index contributed by atoms with van der Waals surface area (Å²) in [6.07, 6.45) is -6.88.